The molecule has 0 saturated heterocycles. The molecular weight excluding hydrogens is 378 g/mol. The first-order chi connectivity index (χ1) is 13.5. The number of guanidine groups is 1. The normalized spacial score (nSPS) is 14.8. The maximum absolute atomic E-state index is 13.0. The molecule has 1 aromatic rings. The molecule has 158 valence electrons. The lowest BCUT2D eigenvalue weighted by molar-refractivity contribution is -0.155. The van der Waals surface area contributed by atoms with Gasteiger partial charge in [-0.05, 0) is 39.3 Å². The summed E-state index contributed by atoms with van der Waals surface area (Å²) in [5.41, 5.74) is 14.0. The van der Waals surface area contributed by atoms with Crippen molar-refractivity contribution >= 4 is 35.1 Å². The highest BCUT2D eigenvalue weighted by atomic mass is 16.4. The number of benzene rings is 1. The van der Waals surface area contributed by atoms with Gasteiger partial charge in [-0.15, -0.1) is 0 Å². The molecule has 10 heteroatoms. The lowest BCUT2D eigenvalue weighted by Crippen LogP contribution is -2.69. The van der Waals surface area contributed by atoms with Crippen LogP contribution in [0, 0.1) is 5.92 Å². The first-order valence-corrected chi connectivity index (χ1v) is 8.92. The van der Waals surface area contributed by atoms with E-state index in [2.05, 4.69) is 4.99 Å². The van der Waals surface area contributed by atoms with Crippen LogP contribution in [0.2, 0.25) is 0 Å². The number of hydrogen-bond acceptors (Lipinski definition) is 6. The number of hydrogen-bond donors (Lipinski definition) is 4. The van der Waals surface area contributed by atoms with E-state index in [1.165, 1.54) is 19.1 Å². The van der Waals surface area contributed by atoms with E-state index >= 15 is 0 Å². The number of nitrogens with zero attached hydrogens (tertiary/aromatic N) is 2. The molecule has 1 rings (SSSR count). The quantitative estimate of drug-likeness (QED) is 0.231. The summed E-state index contributed by atoms with van der Waals surface area (Å²) in [6, 6.07) is 6.62. The summed E-state index contributed by atoms with van der Waals surface area (Å²) in [6.45, 7) is 3.44. The van der Waals surface area contributed by atoms with Gasteiger partial charge in [-0.1, -0.05) is 18.2 Å². The van der Waals surface area contributed by atoms with Crippen LogP contribution in [0.25, 0.3) is 0 Å². The number of nitrogens with two attached hydrogens (primary N) is 3. The molecule has 0 heterocycles. The number of amides is 1. The molecule has 0 aliphatic carbocycles. The monoisotopic (exact) mass is 405 g/mol. The van der Waals surface area contributed by atoms with Gasteiger partial charge in [0.1, 0.15) is 5.78 Å². The minimum absolute atomic E-state index is 0.107. The van der Waals surface area contributed by atoms with Gasteiger partial charge < -0.3 is 22.3 Å². The van der Waals surface area contributed by atoms with Crippen LogP contribution in [-0.2, 0) is 19.2 Å². The molecule has 7 N–H and O–H groups in total. The zero-order valence-corrected chi connectivity index (χ0v) is 16.7. The zero-order chi connectivity index (χ0) is 22.4. The van der Waals surface area contributed by atoms with Gasteiger partial charge in [0.15, 0.2) is 11.7 Å². The molecule has 1 aromatic carbocycles. The van der Waals surface area contributed by atoms with Gasteiger partial charge in [-0.25, -0.2) is 4.79 Å². The Morgan fingerprint density at radius 1 is 1.14 bits per heavy atom. The van der Waals surface area contributed by atoms with Crippen molar-refractivity contribution in [1.82, 2.24) is 0 Å². The van der Waals surface area contributed by atoms with Crippen LogP contribution in [-0.4, -0.2) is 52.6 Å². The number of carbonyl (C=O) groups is 4. The molecule has 0 aliphatic heterocycles. The predicted octanol–water partition coefficient (Wildman–Crippen LogP) is -0.352. The first kappa shape index (κ1) is 23.8. The fraction of sp³-hybridized carbons (Fsp3) is 0.421. The van der Waals surface area contributed by atoms with E-state index in [4.69, 9.17) is 17.2 Å². The number of carboxylic acids is 1. The van der Waals surface area contributed by atoms with Gasteiger partial charge in [-0.3, -0.25) is 24.3 Å². The Morgan fingerprint density at radius 3 is 2.07 bits per heavy atom. The van der Waals surface area contributed by atoms with E-state index in [1.54, 1.807) is 18.2 Å². The molecule has 3 atom stereocenters. The Kier molecular flexibility index (Phi) is 8.02. The maximum Gasteiger partial charge on any atom is 0.338 e. The standard InChI is InChI=1S/C19H27N5O5/c1-11(20)16(27)24(14-7-5-4-6-8-14)19(13(3)26,17(28)29)15(12(2)25)9-10-23-18(21)22/h4-8,11,15H,9-10,20H2,1-3H3,(H,28,29)(H4,21,22,23)/t11-,15?,19-/m0/s1. The highest BCUT2D eigenvalue weighted by Crippen LogP contribution is 2.35. The molecular formula is C19H27N5O5. The summed E-state index contributed by atoms with van der Waals surface area (Å²) >= 11 is 0. The van der Waals surface area contributed by atoms with Crippen LogP contribution >= 0.6 is 0 Å². The van der Waals surface area contributed by atoms with Gasteiger partial charge in [-0.2, -0.15) is 0 Å². The average Bonchev–Trinajstić information content (AvgIpc) is 2.62. The number of Topliss-reactive ketones (excluding diaryl/α,β-unsaturated/α-hetero) is 2. The van der Waals surface area contributed by atoms with Crippen LogP contribution in [0.1, 0.15) is 27.2 Å². The topological polar surface area (TPSA) is 182 Å². The number of carbonyl (C=O) groups excluding carboxylic acids is 3. The highest BCUT2D eigenvalue weighted by Gasteiger charge is 2.59. The second-order valence-corrected chi connectivity index (χ2v) is 6.68. The molecule has 1 unspecified atom stereocenters. The van der Waals surface area contributed by atoms with Crippen LogP contribution < -0.4 is 22.1 Å². The van der Waals surface area contributed by atoms with Crippen LogP contribution in [0.15, 0.2) is 35.3 Å². The van der Waals surface area contributed by atoms with Gasteiger partial charge in [0.25, 0.3) is 0 Å². The van der Waals surface area contributed by atoms with E-state index < -0.39 is 40.9 Å². The third-order valence-electron chi connectivity index (χ3n) is 4.55. The minimum atomic E-state index is -2.52. The molecule has 0 aromatic heterocycles. The third-order valence-corrected chi connectivity index (χ3v) is 4.55. The number of carboxylic acid groups (broad SMARTS) is 1. The predicted molar refractivity (Wildman–Crippen MR) is 108 cm³/mol. The van der Waals surface area contributed by atoms with Crippen LogP contribution in [0.3, 0.4) is 0 Å². The number of anilines is 1. The van der Waals surface area contributed by atoms with E-state index in [1.807, 2.05) is 0 Å². The lowest BCUT2D eigenvalue weighted by atomic mass is 9.74. The Morgan fingerprint density at radius 2 is 1.69 bits per heavy atom. The summed E-state index contributed by atoms with van der Waals surface area (Å²) in [5.74, 6) is -5.62. The second kappa shape index (κ2) is 9.78. The number of ketones is 2. The fourth-order valence-corrected chi connectivity index (χ4v) is 3.27. The van der Waals surface area contributed by atoms with Crippen molar-refractivity contribution in [3.8, 4) is 0 Å². The molecule has 0 fully saturated rings. The molecule has 0 aliphatic rings. The molecule has 0 saturated carbocycles. The lowest BCUT2D eigenvalue weighted by Gasteiger charge is -2.43. The van der Waals surface area contributed by atoms with Gasteiger partial charge >= 0.3 is 5.97 Å². The molecule has 0 radical (unpaired) electrons. The summed E-state index contributed by atoms with van der Waals surface area (Å²) < 4.78 is 0. The van der Waals surface area contributed by atoms with Crippen molar-refractivity contribution < 1.29 is 24.3 Å². The number of aliphatic imine (C=N–C) groups is 1. The maximum atomic E-state index is 13.0. The molecule has 10 nitrogen and oxygen atoms in total. The zero-order valence-electron chi connectivity index (χ0n) is 16.7. The van der Waals surface area contributed by atoms with Crippen molar-refractivity contribution in [3.63, 3.8) is 0 Å². The Balaban J connectivity index is 3.82. The van der Waals surface area contributed by atoms with Crippen LogP contribution in [0.5, 0.6) is 0 Å². The largest absolute Gasteiger partial charge is 0.479 e. The van der Waals surface area contributed by atoms with Crippen molar-refractivity contribution in [2.45, 2.75) is 38.8 Å². The van der Waals surface area contributed by atoms with Crippen molar-refractivity contribution in [3.05, 3.63) is 30.3 Å². The van der Waals surface area contributed by atoms with Gasteiger partial charge in [0.2, 0.25) is 11.4 Å². The second-order valence-electron chi connectivity index (χ2n) is 6.68. The van der Waals surface area contributed by atoms with E-state index in [9.17, 15) is 24.3 Å². The Hall–Kier alpha value is -3.27. The van der Waals surface area contributed by atoms with E-state index in [-0.39, 0.29) is 24.6 Å². The smallest absolute Gasteiger partial charge is 0.338 e. The van der Waals surface area contributed by atoms with Gasteiger partial charge in [0, 0.05) is 12.2 Å². The van der Waals surface area contributed by atoms with Gasteiger partial charge in [0.05, 0.1) is 12.0 Å². The number of aliphatic carboxylic acids is 1. The SMILES string of the molecule is CC(=O)C(CCN=C(N)N)[C@@](C(C)=O)(C(=O)O)N(C(=O)[C@H](C)N)c1ccccc1. The Bertz CT molecular complexity index is 788. The minimum Gasteiger partial charge on any atom is -0.479 e. The third kappa shape index (κ3) is 4.96. The van der Waals surface area contributed by atoms with E-state index in [0.717, 1.165) is 18.7 Å². The van der Waals surface area contributed by atoms with Crippen molar-refractivity contribution in [2.75, 3.05) is 11.4 Å². The summed E-state index contributed by atoms with van der Waals surface area (Å²) in [6.07, 6.45) is -0.172. The molecule has 0 spiro atoms. The Labute approximate surface area is 168 Å². The average molecular weight is 405 g/mol. The summed E-state index contributed by atoms with van der Waals surface area (Å²) in [5, 5.41) is 10.2. The molecule has 29 heavy (non-hydrogen) atoms. The van der Waals surface area contributed by atoms with Crippen LogP contribution in [0.4, 0.5) is 5.69 Å². The molecule has 1 amide bonds. The molecule has 0 bridgehead atoms. The number of para-hydroxylation sites is 1. The summed E-state index contributed by atoms with van der Waals surface area (Å²) in [7, 11) is 0. The fourth-order valence-electron chi connectivity index (χ4n) is 3.27. The van der Waals surface area contributed by atoms with Crippen molar-refractivity contribution in [2.24, 2.45) is 28.1 Å². The van der Waals surface area contributed by atoms with E-state index in [0.29, 0.717) is 0 Å². The first-order valence-electron chi connectivity index (χ1n) is 8.92. The summed E-state index contributed by atoms with van der Waals surface area (Å²) in [4.78, 5) is 55.5. The number of rotatable bonds is 10. The van der Waals surface area contributed by atoms with Crippen molar-refractivity contribution in [1.29, 1.82) is 0 Å². The highest BCUT2D eigenvalue weighted by molar-refractivity contribution is 6.20.